The number of nitrogens with one attached hydrogen (secondary N) is 2. The van der Waals surface area contributed by atoms with Crippen molar-refractivity contribution in [1.82, 2.24) is 20.4 Å². The maximum absolute atomic E-state index is 13.4. The van der Waals surface area contributed by atoms with Gasteiger partial charge in [-0.3, -0.25) is 19.2 Å². The van der Waals surface area contributed by atoms with Crippen molar-refractivity contribution in [2.45, 2.75) is 49.9 Å². The summed E-state index contributed by atoms with van der Waals surface area (Å²) >= 11 is 0. The lowest BCUT2D eigenvalue weighted by Crippen LogP contribution is -2.53. The first-order chi connectivity index (χ1) is 15.0. The molecule has 1 aromatic carbocycles. The highest BCUT2D eigenvalue weighted by molar-refractivity contribution is 5.98. The van der Waals surface area contributed by atoms with Gasteiger partial charge in [0.2, 0.25) is 17.7 Å². The number of hydrogen-bond donors (Lipinski definition) is 2. The van der Waals surface area contributed by atoms with Crippen LogP contribution in [0.15, 0.2) is 24.3 Å². The Labute approximate surface area is 180 Å². The minimum absolute atomic E-state index is 0.0245. The third kappa shape index (κ3) is 3.51. The van der Waals surface area contributed by atoms with Crippen LogP contribution in [0.3, 0.4) is 0 Å². The van der Waals surface area contributed by atoms with Gasteiger partial charge in [-0.2, -0.15) is 0 Å². The number of likely N-dealkylation sites (tertiary alicyclic amines) is 1. The molecule has 3 saturated heterocycles. The molecular formula is C22H26N4O5. The maximum atomic E-state index is 13.4. The predicted molar refractivity (Wildman–Crippen MR) is 109 cm³/mol. The summed E-state index contributed by atoms with van der Waals surface area (Å²) in [7, 11) is 1.56. The minimum Gasteiger partial charge on any atom is -0.497 e. The lowest BCUT2D eigenvalue weighted by atomic mass is 10.1. The van der Waals surface area contributed by atoms with Gasteiger partial charge in [-0.1, -0.05) is 0 Å². The van der Waals surface area contributed by atoms with E-state index in [2.05, 4.69) is 10.6 Å². The Hall–Kier alpha value is -3.10. The molecule has 0 bridgehead atoms. The molecule has 9 heteroatoms. The number of rotatable bonds is 4. The fourth-order valence-corrected chi connectivity index (χ4v) is 4.95. The van der Waals surface area contributed by atoms with Crippen molar-refractivity contribution >= 4 is 23.6 Å². The molecule has 2 N–H and O–H groups in total. The van der Waals surface area contributed by atoms with Gasteiger partial charge < -0.3 is 25.2 Å². The van der Waals surface area contributed by atoms with Gasteiger partial charge in [-0.15, -0.1) is 0 Å². The SMILES string of the molecule is COc1ccc(C(=O)N[C@H]2C[C@@H]3C(=O)N[C@H]4CCN(C(=O)C5CC5)[C@@H]4C(=O)N3C2)cc1. The van der Waals surface area contributed by atoms with E-state index in [9.17, 15) is 19.2 Å². The van der Waals surface area contributed by atoms with Gasteiger partial charge >= 0.3 is 0 Å². The summed E-state index contributed by atoms with van der Waals surface area (Å²) in [4.78, 5) is 54.8. The molecule has 0 aromatic heterocycles. The van der Waals surface area contributed by atoms with Crippen molar-refractivity contribution in [1.29, 1.82) is 0 Å². The molecule has 3 heterocycles. The number of amides is 4. The second-order valence-corrected chi connectivity index (χ2v) is 8.80. The molecule has 5 rings (SSSR count). The van der Waals surface area contributed by atoms with Gasteiger partial charge in [-0.25, -0.2) is 0 Å². The van der Waals surface area contributed by atoms with Gasteiger partial charge in [-0.05, 0) is 49.9 Å². The normalized spacial score (nSPS) is 29.7. The Morgan fingerprint density at radius 1 is 1.13 bits per heavy atom. The second kappa shape index (κ2) is 7.55. The van der Waals surface area contributed by atoms with Crippen LogP contribution in [0, 0.1) is 5.92 Å². The van der Waals surface area contributed by atoms with Crippen molar-refractivity contribution in [2.24, 2.45) is 5.92 Å². The molecule has 1 saturated carbocycles. The molecule has 4 atom stereocenters. The van der Waals surface area contributed by atoms with Gasteiger partial charge in [0.15, 0.2) is 0 Å². The van der Waals surface area contributed by atoms with E-state index in [-0.39, 0.29) is 48.2 Å². The first kappa shape index (κ1) is 19.8. The second-order valence-electron chi connectivity index (χ2n) is 8.80. The van der Waals surface area contributed by atoms with E-state index in [0.29, 0.717) is 30.7 Å². The molecule has 9 nitrogen and oxygen atoms in total. The van der Waals surface area contributed by atoms with E-state index in [1.54, 1.807) is 41.2 Å². The summed E-state index contributed by atoms with van der Waals surface area (Å²) in [6.07, 6.45) is 2.70. The molecule has 0 spiro atoms. The Morgan fingerprint density at radius 2 is 1.87 bits per heavy atom. The zero-order valence-corrected chi connectivity index (χ0v) is 17.4. The first-order valence-corrected chi connectivity index (χ1v) is 10.8. The summed E-state index contributed by atoms with van der Waals surface area (Å²) in [6.45, 7) is 0.750. The van der Waals surface area contributed by atoms with E-state index in [4.69, 9.17) is 4.74 Å². The van der Waals surface area contributed by atoms with Gasteiger partial charge in [0.05, 0.1) is 13.2 Å². The lowest BCUT2D eigenvalue weighted by Gasteiger charge is -2.29. The van der Waals surface area contributed by atoms with Crippen molar-refractivity contribution in [2.75, 3.05) is 20.2 Å². The number of fused-ring (bicyclic) bond motifs is 2. The third-order valence-corrected chi connectivity index (χ3v) is 6.76. The third-order valence-electron chi connectivity index (χ3n) is 6.76. The highest BCUT2D eigenvalue weighted by Crippen LogP contribution is 2.36. The van der Waals surface area contributed by atoms with E-state index in [1.165, 1.54) is 0 Å². The summed E-state index contributed by atoms with van der Waals surface area (Å²) in [5.41, 5.74) is 0.482. The van der Waals surface area contributed by atoms with Crippen LogP contribution in [0.2, 0.25) is 0 Å². The van der Waals surface area contributed by atoms with Crippen molar-refractivity contribution in [3.63, 3.8) is 0 Å². The molecule has 0 unspecified atom stereocenters. The van der Waals surface area contributed by atoms with E-state index in [0.717, 1.165) is 12.8 Å². The van der Waals surface area contributed by atoms with Gasteiger partial charge in [0.1, 0.15) is 17.8 Å². The quantitative estimate of drug-likeness (QED) is 0.699. The van der Waals surface area contributed by atoms with Gasteiger partial charge in [0, 0.05) is 30.6 Å². The number of hydrogen-bond acceptors (Lipinski definition) is 5. The van der Waals surface area contributed by atoms with Crippen LogP contribution in [-0.2, 0) is 14.4 Å². The molecule has 1 aromatic rings. The maximum Gasteiger partial charge on any atom is 0.251 e. The molecule has 1 aliphatic carbocycles. The standard InChI is InChI=1S/C22H26N4O5/c1-31-15-6-4-12(5-7-15)19(27)23-14-10-17-20(28)24-16-8-9-25(21(29)13-2-3-13)18(16)22(30)26(17)11-14/h4-7,13-14,16-18H,2-3,8-11H2,1H3,(H,23,27)(H,24,28)/t14-,16-,17+,18-/m0/s1. The van der Waals surface area contributed by atoms with Crippen LogP contribution in [0.4, 0.5) is 0 Å². The highest BCUT2D eigenvalue weighted by atomic mass is 16.5. The topological polar surface area (TPSA) is 108 Å². The molecule has 3 aliphatic heterocycles. The van der Waals surface area contributed by atoms with Crippen molar-refractivity contribution in [3.8, 4) is 5.75 Å². The fraction of sp³-hybridized carbons (Fsp3) is 0.545. The van der Waals surface area contributed by atoms with Crippen LogP contribution >= 0.6 is 0 Å². The Kier molecular flexibility index (Phi) is 4.83. The Morgan fingerprint density at radius 3 is 2.55 bits per heavy atom. The lowest BCUT2D eigenvalue weighted by molar-refractivity contribution is -0.145. The molecule has 164 valence electrons. The van der Waals surface area contributed by atoms with Gasteiger partial charge in [0.25, 0.3) is 5.91 Å². The molecule has 4 aliphatic rings. The first-order valence-electron chi connectivity index (χ1n) is 10.8. The molecule has 4 amide bonds. The number of benzene rings is 1. The fourth-order valence-electron chi connectivity index (χ4n) is 4.95. The number of carbonyl (C=O) groups excluding carboxylic acids is 4. The van der Waals surface area contributed by atoms with Crippen LogP contribution in [0.1, 0.15) is 36.0 Å². The minimum atomic E-state index is -0.641. The number of nitrogens with zero attached hydrogens (tertiary/aromatic N) is 2. The summed E-state index contributed by atoms with van der Waals surface area (Å²) < 4.78 is 5.11. The van der Waals surface area contributed by atoms with Crippen LogP contribution < -0.4 is 15.4 Å². The Balaban J connectivity index is 1.30. The molecular weight excluding hydrogens is 400 g/mol. The summed E-state index contributed by atoms with van der Waals surface area (Å²) in [5.74, 6) is 0.0456. The van der Waals surface area contributed by atoms with Crippen molar-refractivity contribution in [3.05, 3.63) is 29.8 Å². The van der Waals surface area contributed by atoms with E-state index in [1.807, 2.05) is 0 Å². The summed E-state index contributed by atoms with van der Waals surface area (Å²) in [6, 6.07) is 4.82. The van der Waals surface area contributed by atoms with Crippen LogP contribution in [0.25, 0.3) is 0 Å². The predicted octanol–water partition coefficient (Wildman–Crippen LogP) is -0.0962. The largest absolute Gasteiger partial charge is 0.497 e. The highest BCUT2D eigenvalue weighted by Gasteiger charge is 2.53. The van der Waals surface area contributed by atoms with E-state index >= 15 is 0 Å². The monoisotopic (exact) mass is 426 g/mol. The number of carbonyl (C=O) groups is 4. The Bertz CT molecular complexity index is 928. The number of ether oxygens (including phenoxy) is 1. The molecule has 31 heavy (non-hydrogen) atoms. The average Bonchev–Trinajstić information content (AvgIpc) is 3.43. The molecule has 0 radical (unpaired) electrons. The van der Waals surface area contributed by atoms with Crippen LogP contribution in [-0.4, -0.2) is 77.8 Å². The molecule has 4 fully saturated rings. The summed E-state index contributed by atoms with van der Waals surface area (Å²) in [5, 5.41) is 5.92. The van der Waals surface area contributed by atoms with Crippen molar-refractivity contribution < 1.29 is 23.9 Å². The average molecular weight is 426 g/mol. The van der Waals surface area contributed by atoms with E-state index < -0.39 is 12.1 Å². The zero-order chi connectivity index (χ0) is 21.7. The zero-order valence-electron chi connectivity index (χ0n) is 17.4. The van der Waals surface area contributed by atoms with Crippen LogP contribution in [0.5, 0.6) is 5.75 Å². The number of methoxy groups -OCH3 is 1. The smallest absolute Gasteiger partial charge is 0.251 e.